The van der Waals surface area contributed by atoms with Gasteiger partial charge in [0.15, 0.2) is 17.2 Å². The third kappa shape index (κ3) is 7.17. The molecule has 0 aliphatic carbocycles. The molecule has 0 aromatic heterocycles. The maximum Gasteiger partial charge on any atom is 0.415 e. The van der Waals surface area contributed by atoms with Crippen molar-refractivity contribution in [2.24, 2.45) is 11.8 Å². The average Bonchev–Trinajstić information content (AvgIpc) is 3.35. The van der Waals surface area contributed by atoms with Crippen molar-refractivity contribution in [3.05, 3.63) is 88.7 Å². The molecule has 1 amide bonds. The van der Waals surface area contributed by atoms with E-state index in [-0.39, 0.29) is 29.8 Å². The number of halogens is 1. The number of amides is 1. The minimum absolute atomic E-state index is 0.0173. The second-order valence-corrected chi connectivity index (χ2v) is 12.0. The van der Waals surface area contributed by atoms with Crippen molar-refractivity contribution in [3.8, 4) is 11.5 Å². The molecule has 3 aromatic rings. The second kappa shape index (κ2) is 12.5. The van der Waals surface area contributed by atoms with Gasteiger partial charge in [-0.1, -0.05) is 24.3 Å². The number of benzene rings is 3. The molecule has 0 saturated carbocycles. The standard InChI is InChI=1S/C33H36FNO5S/c1-20-15-23(16-21(2)31(20)40-33(4,5)22(3)36)17-25-18-35(32(38)39-27-11-9-26(34)10-12-27)19-29(25)30(37)24-7-13-28(41-6)14-8-24/h7-16,25,29H,17-19H2,1-6H3/t25-,29-/m1/s1. The van der Waals surface area contributed by atoms with E-state index in [1.165, 1.54) is 31.2 Å². The molecule has 0 radical (unpaired) electrons. The number of ether oxygens (including phenoxy) is 2. The van der Waals surface area contributed by atoms with E-state index in [1.807, 2.05) is 56.5 Å². The fraction of sp³-hybridized carbons (Fsp3) is 0.364. The maximum atomic E-state index is 13.7. The van der Waals surface area contributed by atoms with Crippen LogP contribution in [0.4, 0.5) is 9.18 Å². The van der Waals surface area contributed by atoms with Gasteiger partial charge >= 0.3 is 6.09 Å². The molecule has 6 nitrogen and oxygen atoms in total. The number of thioether (sulfide) groups is 1. The summed E-state index contributed by atoms with van der Waals surface area (Å²) in [5, 5.41) is 0. The van der Waals surface area contributed by atoms with Crippen LogP contribution in [0.25, 0.3) is 0 Å². The number of carbonyl (C=O) groups is 3. The number of hydrogen-bond donors (Lipinski definition) is 0. The monoisotopic (exact) mass is 577 g/mol. The van der Waals surface area contributed by atoms with Gasteiger partial charge in [0.2, 0.25) is 0 Å². The fourth-order valence-corrected chi connectivity index (χ4v) is 5.52. The van der Waals surface area contributed by atoms with Crippen LogP contribution in [0.15, 0.2) is 65.6 Å². The minimum atomic E-state index is -0.947. The predicted octanol–water partition coefficient (Wildman–Crippen LogP) is 7.08. The lowest BCUT2D eigenvalue weighted by molar-refractivity contribution is -0.129. The van der Waals surface area contributed by atoms with Gasteiger partial charge in [0.25, 0.3) is 0 Å². The number of ketones is 2. The zero-order valence-electron chi connectivity index (χ0n) is 24.3. The number of hydrogen-bond acceptors (Lipinski definition) is 6. The number of likely N-dealkylation sites (tertiary alicyclic amines) is 1. The van der Waals surface area contributed by atoms with Crippen LogP contribution in [0.5, 0.6) is 11.5 Å². The molecule has 0 unspecified atom stereocenters. The molecule has 1 saturated heterocycles. The Morgan fingerprint density at radius 3 is 2.15 bits per heavy atom. The van der Waals surface area contributed by atoms with Crippen molar-refractivity contribution in [1.29, 1.82) is 0 Å². The van der Waals surface area contributed by atoms with Gasteiger partial charge in [-0.25, -0.2) is 9.18 Å². The molecule has 1 heterocycles. The highest BCUT2D eigenvalue weighted by molar-refractivity contribution is 7.98. The highest BCUT2D eigenvalue weighted by Crippen LogP contribution is 2.34. The van der Waals surface area contributed by atoms with E-state index in [1.54, 1.807) is 30.5 Å². The number of nitrogens with zero attached hydrogens (tertiary/aromatic N) is 1. The summed E-state index contributed by atoms with van der Waals surface area (Å²) in [6, 6.07) is 16.8. The second-order valence-electron chi connectivity index (χ2n) is 11.1. The summed E-state index contributed by atoms with van der Waals surface area (Å²) in [7, 11) is 0. The molecule has 1 fully saturated rings. The van der Waals surface area contributed by atoms with E-state index in [2.05, 4.69) is 0 Å². The molecule has 1 aliphatic heterocycles. The third-order valence-corrected chi connectivity index (χ3v) is 8.40. The Kier molecular flexibility index (Phi) is 9.22. The summed E-state index contributed by atoms with van der Waals surface area (Å²) >= 11 is 1.61. The Balaban J connectivity index is 1.59. The summed E-state index contributed by atoms with van der Waals surface area (Å²) in [4.78, 5) is 41.5. The van der Waals surface area contributed by atoms with Crippen LogP contribution in [-0.2, 0) is 11.2 Å². The molecule has 2 atom stereocenters. The van der Waals surface area contributed by atoms with Crippen molar-refractivity contribution in [2.75, 3.05) is 19.3 Å². The lowest BCUT2D eigenvalue weighted by atomic mass is 9.84. The molecule has 1 aliphatic rings. The number of carbonyl (C=O) groups excluding carboxylic acids is 3. The molecule has 0 N–H and O–H groups in total. The summed E-state index contributed by atoms with van der Waals surface area (Å²) in [6.45, 7) is 9.47. The maximum absolute atomic E-state index is 13.7. The average molecular weight is 578 g/mol. The van der Waals surface area contributed by atoms with Crippen molar-refractivity contribution in [2.45, 2.75) is 51.5 Å². The van der Waals surface area contributed by atoms with Crippen LogP contribution >= 0.6 is 11.8 Å². The highest BCUT2D eigenvalue weighted by atomic mass is 32.2. The van der Waals surface area contributed by atoms with E-state index in [0.29, 0.717) is 24.3 Å². The molecule has 3 aromatic carbocycles. The summed E-state index contributed by atoms with van der Waals surface area (Å²) < 4.78 is 24.9. The van der Waals surface area contributed by atoms with Gasteiger partial charge < -0.3 is 14.4 Å². The Morgan fingerprint density at radius 1 is 0.976 bits per heavy atom. The van der Waals surface area contributed by atoms with Gasteiger partial charge in [0.05, 0.1) is 0 Å². The molecule has 4 rings (SSSR count). The van der Waals surface area contributed by atoms with Crippen LogP contribution in [0, 0.1) is 31.5 Å². The van der Waals surface area contributed by atoms with E-state index >= 15 is 0 Å². The first-order valence-electron chi connectivity index (χ1n) is 13.6. The van der Waals surface area contributed by atoms with Crippen LogP contribution < -0.4 is 9.47 Å². The first-order chi connectivity index (χ1) is 19.4. The van der Waals surface area contributed by atoms with Crippen LogP contribution in [-0.4, -0.2) is 47.5 Å². The van der Waals surface area contributed by atoms with Gasteiger partial charge in [-0.05, 0) is 106 Å². The quantitative estimate of drug-likeness (QED) is 0.200. The zero-order valence-corrected chi connectivity index (χ0v) is 25.1. The van der Waals surface area contributed by atoms with Gasteiger partial charge in [-0.15, -0.1) is 11.8 Å². The van der Waals surface area contributed by atoms with Crippen molar-refractivity contribution in [1.82, 2.24) is 4.90 Å². The smallest absolute Gasteiger partial charge is 0.415 e. The molecule has 0 bridgehead atoms. The minimum Gasteiger partial charge on any atom is -0.480 e. The van der Waals surface area contributed by atoms with Crippen LogP contribution in [0.3, 0.4) is 0 Å². The Morgan fingerprint density at radius 2 is 1.59 bits per heavy atom. The van der Waals surface area contributed by atoms with E-state index in [0.717, 1.165) is 21.6 Å². The number of aryl methyl sites for hydroxylation is 2. The molecule has 41 heavy (non-hydrogen) atoms. The molecule has 8 heteroatoms. The van der Waals surface area contributed by atoms with Crippen molar-refractivity contribution >= 4 is 29.4 Å². The van der Waals surface area contributed by atoms with E-state index in [9.17, 15) is 18.8 Å². The van der Waals surface area contributed by atoms with Gasteiger partial charge in [-0.2, -0.15) is 0 Å². The van der Waals surface area contributed by atoms with E-state index < -0.39 is 23.4 Å². The van der Waals surface area contributed by atoms with Gasteiger partial charge in [0.1, 0.15) is 17.3 Å². The first kappa shape index (κ1) is 30.3. The lowest BCUT2D eigenvalue weighted by Gasteiger charge is -2.26. The van der Waals surface area contributed by atoms with E-state index in [4.69, 9.17) is 9.47 Å². The Labute approximate surface area is 245 Å². The van der Waals surface area contributed by atoms with Crippen LogP contribution in [0.1, 0.15) is 47.8 Å². The van der Waals surface area contributed by atoms with Crippen molar-refractivity contribution < 1.29 is 28.2 Å². The molecular formula is C33H36FNO5S. The SMILES string of the molecule is CSc1ccc(C(=O)[C@@H]2CN(C(=O)Oc3ccc(F)cc3)C[C@H]2Cc2cc(C)c(OC(C)(C)C(C)=O)c(C)c2)cc1. The predicted molar refractivity (Wildman–Crippen MR) is 159 cm³/mol. The fourth-order valence-electron chi connectivity index (χ4n) is 5.11. The summed E-state index contributed by atoms with van der Waals surface area (Å²) in [6.07, 6.45) is 1.98. The Hall–Kier alpha value is -3.65. The number of Topliss-reactive ketones (excluding diaryl/α,β-unsaturated/α-hetero) is 2. The normalized spacial score (nSPS) is 16.9. The topological polar surface area (TPSA) is 72.9 Å². The van der Waals surface area contributed by atoms with Crippen LogP contribution in [0.2, 0.25) is 0 Å². The largest absolute Gasteiger partial charge is 0.480 e. The molecule has 0 spiro atoms. The first-order valence-corrected chi connectivity index (χ1v) is 14.8. The van der Waals surface area contributed by atoms with Gasteiger partial charge in [-0.3, -0.25) is 9.59 Å². The molecule has 216 valence electrons. The van der Waals surface area contributed by atoms with Crippen molar-refractivity contribution in [3.63, 3.8) is 0 Å². The third-order valence-electron chi connectivity index (χ3n) is 7.65. The summed E-state index contributed by atoms with van der Waals surface area (Å²) in [5.41, 5.74) is 2.47. The number of rotatable bonds is 9. The van der Waals surface area contributed by atoms with Gasteiger partial charge in [0, 0.05) is 29.5 Å². The summed E-state index contributed by atoms with van der Waals surface area (Å²) in [5.74, 6) is -0.165. The zero-order chi connectivity index (χ0) is 29.9. The lowest BCUT2D eigenvalue weighted by Crippen LogP contribution is -2.36. The highest BCUT2D eigenvalue weighted by Gasteiger charge is 2.40. The Bertz CT molecular complexity index is 1410. The molecular weight excluding hydrogens is 541 g/mol.